The molecule has 2 aromatic rings. The Morgan fingerprint density at radius 2 is 2.18 bits per heavy atom. The van der Waals surface area contributed by atoms with Crippen molar-refractivity contribution in [2.24, 2.45) is 5.41 Å². The zero-order valence-electron chi connectivity index (χ0n) is 12.2. The van der Waals surface area contributed by atoms with Gasteiger partial charge in [-0.1, -0.05) is 29.3 Å². The first-order valence-electron chi connectivity index (χ1n) is 6.49. The van der Waals surface area contributed by atoms with E-state index in [-0.39, 0.29) is 5.78 Å². The van der Waals surface area contributed by atoms with E-state index >= 15 is 0 Å². The first-order valence-corrected chi connectivity index (χ1v) is 7.24. The van der Waals surface area contributed by atoms with Gasteiger partial charge in [0.2, 0.25) is 5.78 Å². The fourth-order valence-corrected chi connectivity index (χ4v) is 2.13. The second kappa shape index (κ2) is 6.50. The van der Waals surface area contributed by atoms with Gasteiger partial charge in [-0.05, 0) is 32.0 Å². The SMILES string of the molecule is C=CC(C)(C)C(=O)C(Oc1ccc(Cl)cc1Cl)n1cncn1. The van der Waals surface area contributed by atoms with Gasteiger partial charge in [0.1, 0.15) is 18.4 Å². The van der Waals surface area contributed by atoms with Crippen LogP contribution in [0.4, 0.5) is 0 Å². The van der Waals surface area contributed by atoms with Crippen molar-refractivity contribution in [3.63, 3.8) is 0 Å². The number of carbonyl (C=O) groups excluding carboxylic acids is 1. The number of aromatic nitrogens is 3. The average molecular weight is 340 g/mol. The highest BCUT2D eigenvalue weighted by atomic mass is 35.5. The summed E-state index contributed by atoms with van der Waals surface area (Å²) >= 11 is 12.0. The number of hydrogen-bond acceptors (Lipinski definition) is 4. The van der Waals surface area contributed by atoms with Gasteiger partial charge in [0, 0.05) is 10.4 Å². The van der Waals surface area contributed by atoms with Crippen molar-refractivity contribution in [1.29, 1.82) is 0 Å². The van der Waals surface area contributed by atoms with Crippen LogP contribution >= 0.6 is 23.2 Å². The van der Waals surface area contributed by atoms with Crippen LogP contribution in [0.5, 0.6) is 5.75 Å². The average Bonchev–Trinajstić information content (AvgIpc) is 3.00. The van der Waals surface area contributed by atoms with Gasteiger partial charge in [0.05, 0.1) is 5.02 Å². The number of benzene rings is 1. The number of allylic oxidation sites excluding steroid dienone is 1. The molecule has 1 atom stereocenters. The Labute approximate surface area is 138 Å². The Morgan fingerprint density at radius 3 is 2.73 bits per heavy atom. The molecule has 1 aromatic carbocycles. The lowest BCUT2D eigenvalue weighted by molar-refractivity contribution is -0.136. The second-order valence-electron chi connectivity index (χ2n) is 5.21. The third kappa shape index (κ3) is 3.48. The number of carbonyl (C=O) groups is 1. The summed E-state index contributed by atoms with van der Waals surface area (Å²) in [5.74, 6) is 0.110. The van der Waals surface area contributed by atoms with Crippen LogP contribution in [0.3, 0.4) is 0 Å². The monoisotopic (exact) mass is 339 g/mol. The van der Waals surface area contributed by atoms with E-state index in [1.165, 1.54) is 17.3 Å². The van der Waals surface area contributed by atoms with E-state index in [9.17, 15) is 4.79 Å². The molecule has 1 aromatic heterocycles. The van der Waals surface area contributed by atoms with Crippen molar-refractivity contribution in [2.45, 2.75) is 20.1 Å². The van der Waals surface area contributed by atoms with E-state index in [0.29, 0.717) is 15.8 Å². The summed E-state index contributed by atoms with van der Waals surface area (Å²) < 4.78 is 7.10. The predicted molar refractivity (Wildman–Crippen MR) is 85.1 cm³/mol. The third-order valence-electron chi connectivity index (χ3n) is 3.18. The third-order valence-corrected chi connectivity index (χ3v) is 3.71. The standard InChI is InChI=1S/C15H15Cl2N3O2/c1-4-15(2,3)13(21)14(20-9-18-8-19-20)22-12-6-5-10(16)7-11(12)17/h4-9,14H,1H2,2-3H3. The molecule has 22 heavy (non-hydrogen) atoms. The zero-order chi connectivity index (χ0) is 16.3. The van der Waals surface area contributed by atoms with Crippen LogP contribution in [0.25, 0.3) is 0 Å². The Balaban J connectivity index is 2.38. The Hall–Kier alpha value is -1.85. The van der Waals surface area contributed by atoms with Gasteiger partial charge in [-0.25, -0.2) is 9.67 Å². The molecule has 1 unspecified atom stereocenters. The van der Waals surface area contributed by atoms with Gasteiger partial charge in [-0.2, -0.15) is 5.10 Å². The van der Waals surface area contributed by atoms with Crippen molar-refractivity contribution < 1.29 is 9.53 Å². The number of halogens is 2. The number of ether oxygens (including phenoxy) is 1. The summed E-state index contributed by atoms with van der Waals surface area (Å²) in [5.41, 5.74) is -0.796. The molecule has 2 rings (SSSR count). The molecule has 0 N–H and O–H groups in total. The van der Waals surface area contributed by atoms with Gasteiger partial charge in [0.25, 0.3) is 6.23 Å². The minimum atomic E-state index is -1.01. The molecular formula is C15H15Cl2N3O2. The maximum absolute atomic E-state index is 12.7. The lowest BCUT2D eigenvalue weighted by Gasteiger charge is -2.26. The molecule has 7 heteroatoms. The molecule has 0 aliphatic heterocycles. The topological polar surface area (TPSA) is 57.0 Å². The van der Waals surface area contributed by atoms with E-state index in [0.717, 1.165) is 0 Å². The summed E-state index contributed by atoms with van der Waals surface area (Å²) in [6.45, 7) is 7.19. The normalized spacial score (nSPS) is 12.7. The summed E-state index contributed by atoms with van der Waals surface area (Å²) in [4.78, 5) is 16.6. The molecule has 0 radical (unpaired) electrons. The van der Waals surface area contributed by atoms with Crippen LogP contribution in [-0.2, 0) is 4.79 Å². The first-order chi connectivity index (χ1) is 10.3. The Bertz CT molecular complexity index is 684. The summed E-state index contributed by atoms with van der Waals surface area (Å²) in [5, 5.41) is 4.77. The first kappa shape index (κ1) is 16.5. The van der Waals surface area contributed by atoms with Gasteiger partial charge in [-0.3, -0.25) is 4.79 Å². The smallest absolute Gasteiger partial charge is 0.252 e. The second-order valence-corrected chi connectivity index (χ2v) is 6.05. The predicted octanol–water partition coefficient (Wildman–Crippen LogP) is 3.94. The number of ketones is 1. The molecule has 0 aliphatic rings. The number of hydrogen-bond donors (Lipinski definition) is 0. The maximum Gasteiger partial charge on any atom is 0.252 e. The van der Waals surface area contributed by atoms with Gasteiger partial charge >= 0.3 is 0 Å². The van der Waals surface area contributed by atoms with Crippen LogP contribution in [0.15, 0.2) is 43.5 Å². The maximum atomic E-state index is 12.7. The molecule has 0 saturated heterocycles. The molecule has 0 spiro atoms. The fraction of sp³-hybridized carbons (Fsp3) is 0.267. The van der Waals surface area contributed by atoms with E-state index in [1.54, 1.807) is 38.1 Å². The molecule has 1 heterocycles. The molecular weight excluding hydrogens is 325 g/mol. The number of nitrogens with zero attached hydrogens (tertiary/aromatic N) is 3. The van der Waals surface area contributed by atoms with Gasteiger partial charge < -0.3 is 4.74 Å². The number of rotatable bonds is 6. The van der Waals surface area contributed by atoms with Gasteiger partial charge in [0.15, 0.2) is 0 Å². The van der Waals surface area contributed by atoms with Crippen molar-refractivity contribution in [3.05, 3.63) is 53.6 Å². The molecule has 116 valence electrons. The molecule has 0 saturated carbocycles. The highest BCUT2D eigenvalue weighted by molar-refractivity contribution is 6.35. The van der Waals surface area contributed by atoms with Crippen molar-refractivity contribution in [3.8, 4) is 5.75 Å². The molecule has 0 fully saturated rings. The van der Waals surface area contributed by atoms with E-state index in [2.05, 4.69) is 16.7 Å². The van der Waals surface area contributed by atoms with E-state index in [1.807, 2.05) is 0 Å². The van der Waals surface area contributed by atoms with Crippen molar-refractivity contribution in [1.82, 2.24) is 14.8 Å². The lowest BCUT2D eigenvalue weighted by atomic mass is 9.87. The quantitative estimate of drug-likeness (QED) is 0.748. The van der Waals surface area contributed by atoms with E-state index < -0.39 is 11.6 Å². The fourth-order valence-electron chi connectivity index (χ4n) is 1.68. The van der Waals surface area contributed by atoms with Crippen LogP contribution in [0.2, 0.25) is 10.0 Å². The number of Topliss-reactive ketones (excluding diaryl/α,β-unsaturated/α-hetero) is 1. The largest absolute Gasteiger partial charge is 0.460 e. The molecule has 0 amide bonds. The van der Waals surface area contributed by atoms with Crippen LogP contribution in [-0.4, -0.2) is 20.5 Å². The lowest BCUT2D eigenvalue weighted by Crippen LogP contribution is -2.35. The highest BCUT2D eigenvalue weighted by Crippen LogP contribution is 2.32. The minimum absolute atomic E-state index is 0.223. The molecule has 0 aliphatic carbocycles. The summed E-state index contributed by atoms with van der Waals surface area (Å²) in [6, 6.07) is 4.77. The van der Waals surface area contributed by atoms with Crippen LogP contribution in [0, 0.1) is 5.41 Å². The van der Waals surface area contributed by atoms with Gasteiger partial charge in [-0.15, -0.1) is 6.58 Å². The highest BCUT2D eigenvalue weighted by Gasteiger charge is 2.35. The van der Waals surface area contributed by atoms with Crippen LogP contribution < -0.4 is 4.74 Å². The summed E-state index contributed by atoms with van der Waals surface area (Å²) in [6.07, 6.45) is 3.29. The van der Waals surface area contributed by atoms with Crippen molar-refractivity contribution in [2.75, 3.05) is 0 Å². The molecule has 0 bridgehead atoms. The Kier molecular flexibility index (Phi) is 4.88. The van der Waals surface area contributed by atoms with E-state index in [4.69, 9.17) is 27.9 Å². The summed E-state index contributed by atoms with van der Waals surface area (Å²) in [7, 11) is 0. The molecule has 5 nitrogen and oxygen atoms in total. The Morgan fingerprint density at radius 1 is 1.45 bits per heavy atom. The minimum Gasteiger partial charge on any atom is -0.460 e. The van der Waals surface area contributed by atoms with Crippen molar-refractivity contribution >= 4 is 29.0 Å². The van der Waals surface area contributed by atoms with Crippen LogP contribution in [0.1, 0.15) is 20.1 Å². The zero-order valence-corrected chi connectivity index (χ0v) is 13.7.